The molecule has 4 atom stereocenters. The van der Waals surface area contributed by atoms with Crippen LogP contribution in [0.2, 0.25) is 0 Å². The number of ether oxygens (including phenoxy) is 2. The molecule has 6 rings (SSSR count). The van der Waals surface area contributed by atoms with Crippen LogP contribution < -0.4 is 11.1 Å². The summed E-state index contributed by atoms with van der Waals surface area (Å²) < 4.78 is 10.1. The number of aromatic amines is 2. The number of carbonyl (C=O) groups is 4. The number of nitrogens with two attached hydrogens (primary N) is 1. The first-order valence-electron chi connectivity index (χ1n) is 18.6. The Hall–Kier alpha value is -5.66. The van der Waals surface area contributed by atoms with Crippen LogP contribution in [0.3, 0.4) is 0 Å². The molecule has 0 bridgehead atoms. The van der Waals surface area contributed by atoms with Crippen molar-refractivity contribution in [3.63, 3.8) is 0 Å². The van der Waals surface area contributed by atoms with E-state index < -0.39 is 23.8 Å². The molecule has 4 heterocycles. The lowest BCUT2D eigenvalue weighted by Gasteiger charge is -2.36. The van der Waals surface area contributed by atoms with Crippen LogP contribution in [0.4, 0.5) is 9.59 Å². The van der Waals surface area contributed by atoms with Crippen molar-refractivity contribution in [3.8, 4) is 33.6 Å². The molecule has 2 aliphatic heterocycles. The first-order chi connectivity index (χ1) is 25.8. The number of hydrogen-bond donors (Lipinski definition) is 4. The number of hydrogen-bond acceptors (Lipinski definition) is 8. The normalized spacial score (nSPS) is 18.8. The number of primary amides is 1. The molecule has 14 nitrogen and oxygen atoms in total. The van der Waals surface area contributed by atoms with Gasteiger partial charge in [0.2, 0.25) is 5.91 Å². The molecule has 0 spiro atoms. The largest absolute Gasteiger partial charge is 0.453 e. The van der Waals surface area contributed by atoms with E-state index in [0.29, 0.717) is 18.9 Å². The Morgan fingerprint density at radius 1 is 0.796 bits per heavy atom. The average Bonchev–Trinajstić information content (AvgIpc) is 3.99. The van der Waals surface area contributed by atoms with Crippen LogP contribution in [0.1, 0.15) is 84.0 Å². The first-order valence-corrected chi connectivity index (χ1v) is 18.6. The maximum absolute atomic E-state index is 13.7. The van der Waals surface area contributed by atoms with Gasteiger partial charge in [-0.25, -0.2) is 19.6 Å². The maximum Gasteiger partial charge on any atom is 0.407 e. The Morgan fingerprint density at radius 2 is 1.26 bits per heavy atom. The first kappa shape index (κ1) is 38.1. The number of methoxy groups -OCH3 is 1. The van der Waals surface area contributed by atoms with Crippen LogP contribution in [0, 0.1) is 11.8 Å². The standard InChI is InChI=1S/C40H50N8O6/c1-23(2)33(46-39(52)53-6)36(49)47-19-7-9-31(47)34-42-21-29(44-34)27-15-11-25(12-16-27)26-13-17-28(18-14-26)30-22-43-35(45-30)32-10-8-20-48(32)37(50)40(5,24(3)4)54-38(41)51/h11-18,21-24,31-33H,7-10,19-20H2,1-6H3,(H2,41,51)(H,42,44)(H,43,45)(H,46,52)/t31-,32-,33-,40-/m0/s1. The maximum atomic E-state index is 13.7. The van der Waals surface area contributed by atoms with Gasteiger partial charge in [0.1, 0.15) is 17.7 Å². The molecule has 286 valence electrons. The molecule has 2 aliphatic rings. The zero-order chi connectivity index (χ0) is 38.7. The highest BCUT2D eigenvalue weighted by Crippen LogP contribution is 2.37. The molecular weight excluding hydrogens is 688 g/mol. The highest BCUT2D eigenvalue weighted by Gasteiger charge is 2.47. The number of nitrogens with one attached hydrogen (secondary N) is 3. The van der Waals surface area contributed by atoms with Gasteiger partial charge in [-0.1, -0.05) is 76.2 Å². The second-order valence-electron chi connectivity index (χ2n) is 14.9. The Bertz CT molecular complexity index is 1970. The van der Waals surface area contributed by atoms with Gasteiger partial charge in [-0.15, -0.1) is 0 Å². The third-order valence-corrected chi connectivity index (χ3v) is 10.8. The predicted molar refractivity (Wildman–Crippen MR) is 202 cm³/mol. The fraction of sp³-hybridized carbons (Fsp3) is 0.450. The van der Waals surface area contributed by atoms with E-state index in [9.17, 15) is 19.2 Å². The Balaban J connectivity index is 1.12. The van der Waals surface area contributed by atoms with E-state index in [1.807, 2.05) is 52.0 Å². The summed E-state index contributed by atoms with van der Waals surface area (Å²) in [5, 5.41) is 2.69. The van der Waals surface area contributed by atoms with Crippen molar-refractivity contribution in [2.75, 3.05) is 20.2 Å². The number of benzene rings is 2. The molecule has 0 saturated carbocycles. The van der Waals surface area contributed by atoms with E-state index in [-0.39, 0.29) is 35.7 Å². The van der Waals surface area contributed by atoms with Gasteiger partial charge in [-0.05, 0) is 60.8 Å². The van der Waals surface area contributed by atoms with Crippen molar-refractivity contribution in [1.82, 2.24) is 35.1 Å². The number of imidazole rings is 2. The van der Waals surface area contributed by atoms with Gasteiger partial charge in [-0.2, -0.15) is 0 Å². The average molecular weight is 739 g/mol. The molecule has 4 aromatic rings. The molecule has 0 aliphatic carbocycles. The lowest BCUT2D eigenvalue weighted by atomic mass is 9.90. The molecule has 0 unspecified atom stereocenters. The number of rotatable bonds is 11. The molecule has 2 aromatic carbocycles. The zero-order valence-electron chi connectivity index (χ0n) is 31.7. The lowest BCUT2D eigenvalue weighted by Crippen LogP contribution is -2.53. The highest BCUT2D eigenvalue weighted by atomic mass is 16.6. The van der Waals surface area contributed by atoms with Crippen molar-refractivity contribution >= 4 is 24.0 Å². The third-order valence-electron chi connectivity index (χ3n) is 10.8. The number of carbonyl (C=O) groups excluding carboxylic acids is 4. The fourth-order valence-electron chi connectivity index (χ4n) is 7.38. The van der Waals surface area contributed by atoms with E-state index in [1.54, 1.807) is 29.1 Å². The van der Waals surface area contributed by atoms with E-state index in [1.165, 1.54) is 7.11 Å². The summed E-state index contributed by atoms with van der Waals surface area (Å²) in [6.07, 6.45) is 5.15. The van der Waals surface area contributed by atoms with Crippen molar-refractivity contribution in [2.24, 2.45) is 17.6 Å². The van der Waals surface area contributed by atoms with Crippen LogP contribution in [-0.2, 0) is 19.1 Å². The van der Waals surface area contributed by atoms with Gasteiger partial charge in [0, 0.05) is 19.0 Å². The van der Waals surface area contributed by atoms with Gasteiger partial charge in [-0.3, -0.25) is 9.59 Å². The second kappa shape index (κ2) is 15.7. The minimum atomic E-state index is -1.37. The van der Waals surface area contributed by atoms with Gasteiger partial charge in [0.15, 0.2) is 5.60 Å². The number of likely N-dealkylation sites (tertiary alicyclic amines) is 2. The summed E-state index contributed by atoms with van der Waals surface area (Å²) in [4.78, 5) is 70.5. The summed E-state index contributed by atoms with van der Waals surface area (Å²) in [5.41, 5.74) is 9.67. The SMILES string of the molecule is COC(=O)N[C@H](C(=O)N1CCC[C@H]1c1ncc(-c2ccc(-c3ccc(-c4cnc([C@@H]5CCCN5C(=O)[C@@](C)(OC(N)=O)C(C)C)[nH]4)cc3)cc2)[nH]1)C(C)C. The topological polar surface area (TPSA) is 189 Å². The molecule has 2 aromatic heterocycles. The minimum absolute atomic E-state index is 0.107. The van der Waals surface area contributed by atoms with E-state index >= 15 is 0 Å². The van der Waals surface area contributed by atoms with E-state index in [2.05, 4.69) is 49.5 Å². The number of nitrogens with zero attached hydrogens (tertiary/aromatic N) is 4. The number of H-pyrrole nitrogens is 2. The van der Waals surface area contributed by atoms with Crippen LogP contribution in [0.25, 0.3) is 33.6 Å². The fourth-order valence-corrected chi connectivity index (χ4v) is 7.38. The molecule has 4 amide bonds. The van der Waals surface area contributed by atoms with Crippen LogP contribution in [0.5, 0.6) is 0 Å². The van der Waals surface area contributed by atoms with Gasteiger partial charge in [0.25, 0.3) is 5.91 Å². The highest BCUT2D eigenvalue weighted by molar-refractivity contribution is 5.88. The van der Waals surface area contributed by atoms with Crippen LogP contribution in [0.15, 0.2) is 60.9 Å². The molecular formula is C40H50N8O6. The van der Waals surface area contributed by atoms with Gasteiger partial charge in [0.05, 0.1) is 43.0 Å². The molecule has 2 fully saturated rings. The van der Waals surface area contributed by atoms with Crippen molar-refractivity contribution in [2.45, 2.75) is 84.0 Å². The Kier molecular flexibility index (Phi) is 11.1. The molecule has 5 N–H and O–H groups in total. The van der Waals surface area contributed by atoms with E-state index in [4.69, 9.17) is 15.2 Å². The summed E-state index contributed by atoms with van der Waals surface area (Å²) >= 11 is 0. The van der Waals surface area contributed by atoms with Gasteiger partial charge >= 0.3 is 12.2 Å². The molecule has 2 saturated heterocycles. The third kappa shape index (κ3) is 7.68. The van der Waals surface area contributed by atoms with Crippen molar-refractivity contribution < 1.29 is 28.7 Å². The predicted octanol–water partition coefficient (Wildman–Crippen LogP) is 6.35. The summed E-state index contributed by atoms with van der Waals surface area (Å²) in [6, 6.07) is 15.2. The zero-order valence-corrected chi connectivity index (χ0v) is 31.7. The monoisotopic (exact) mass is 738 g/mol. The molecule has 54 heavy (non-hydrogen) atoms. The lowest BCUT2D eigenvalue weighted by molar-refractivity contribution is -0.155. The minimum Gasteiger partial charge on any atom is -0.453 e. The Morgan fingerprint density at radius 3 is 1.70 bits per heavy atom. The quantitative estimate of drug-likeness (QED) is 0.137. The Labute approximate surface area is 315 Å². The molecule has 14 heteroatoms. The number of aromatic nitrogens is 4. The smallest absolute Gasteiger partial charge is 0.407 e. The molecule has 0 radical (unpaired) electrons. The summed E-state index contributed by atoms with van der Waals surface area (Å²) in [5.74, 6) is 0.605. The van der Waals surface area contributed by atoms with Crippen molar-refractivity contribution in [1.29, 1.82) is 0 Å². The van der Waals surface area contributed by atoms with Crippen molar-refractivity contribution in [3.05, 3.63) is 72.6 Å². The second-order valence-corrected chi connectivity index (χ2v) is 14.9. The van der Waals surface area contributed by atoms with Gasteiger partial charge < -0.3 is 40.3 Å². The number of alkyl carbamates (subject to hydrolysis) is 1. The van der Waals surface area contributed by atoms with Crippen LogP contribution in [-0.4, -0.2) is 85.6 Å². The summed E-state index contributed by atoms with van der Waals surface area (Å²) in [7, 11) is 1.29. The summed E-state index contributed by atoms with van der Waals surface area (Å²) in [6.45, 7) is 10.2. The van der Waals surface area contributed by atoms with Crippen LogP contribution >= 0.6 is 0 Å². The van der Waals surface area contributed by atoms with E-state index in [0.717, 1.165) is 65.1 Å². The number of amides is 4.